The maximum Gasteiger partial charge on any atom is 0.253 e. The number of amides is 1. The highest BCUT2D eigenvalue weighted by molar-refractivity contribution is 7.97. The van der Waals surface area contributed by atoms with Gasteiger partial charge in [0.1, 0.15) is 0 Å². The van der Waals surface area contributed by atoms with Crippen molar-refractivity contribution in [3.8, 4) is 0 Å². The first-order chi connectivity index (χ1) is 11.6. The number of hydrogen-bond donors (Lipinski definition) is 0. The van der Waals surface area contributed by atoms with Gasteiger partial charge >= 0.3 is 0 Å². The molecule has 2 aromatic carbocycles. The first kappa shape index (κ1) is 17.1. The van der Waals surface area contributed by atoms with Gasteiger partial charge in [0.05, 0.1) is 0 Å². The fourth-order valence-corrected chi connectivity index (χ4v) is 4.14. The largest absolute Gasteiger partial charge is 0.339 e. The Balaban J connectivity index is 1.54. The van der Waals surface area contributed by atoms with Crippen molar-refractivity contribution in [2.45, 2.75) is 38.2 Å². The minimum atomic E-state index is 0.182. The molecule has 0 saturated carbocycles. The molecule has 1 aliphatic heterocycles. The highest BCUT2D eigenvalue weighted by Crippen LogP contribution is 2.22. The Bertz CT molecular complexity index is 702. The lowest BCUT2D eigenvalue weighted by atomic mass is 10.1. The lowest BCUT2D eigenvalue weighted by Crippen LogP contribution is -2.27. The van der Waals surface area contributed by atoms with E-state index in [0.29, 0.717) is 0 Å². The van der Waals surface area contributed by atoms with Gasteiger partial charge in [0.15, 0.2) is 0 Å². The first-order valence-electron chi connectivity index (χ1n) is 8.65. The number of likely N-dealkylation sites (tertiary alicyclic amines) is 1. The van der Waals surface area contributed by atoms with Gasteiger partial charge in [0, 0.05) is 30.2 Å². The summed E-state index contributed by atoms with van der Waals surface area (Å²) in [6.07, 6.45) is 2.28. The molecule has 1 heterocycles. The molecule has 1 aliphatic rings. The van der Waals surface area contributed by atoms with Crippen LogP contribution in [0.1, 0.15) is 45.5 Å². The van der Waals surface area contributed by atoms with Crippen LogP contribution in [0.4, 0.5) is 0 Å². The van der Waals surface area contributed by atoms with Crippen LogP contribution in [0.5, 0.6) is 0 Å². The van der Waals surface area contributed by atoms with Crippen LogP contribution in [0, 0.1) is 13.8 Å². The molecule has 24 heavy (non-hydrogen) atoms. The smallest absolute Gasteiger partial charge is 0.253 e. The molecule has 1 saturated heterocycles. The van der Waals surface area contributed by atoms with E-state index < -0.39 is 0 Å². The van der Waals surface area contributed by atoms with E-state index in [2.05, 4.69) is 44.2 Å². The molecule has 3 rings (SSSR count). The minimum absolute atomic E-state index is 0.182. The van der Waals surface area contributed by atoms with E-state index in [4.69, 9.17) is 0 Å². The lowest BCUT2D eigenvalue weighted by molar-refractivity contribution is 0.0793. The third-order valence-electron chi connectivity index (χ3n) is 4.63. The molecule has 126 valence electrons. The zero-order valence-corrected chi connectivity index (χ0v) is 15.4. The summed E-state index contributed by atoms with van der Waals surface area (Å²) in [5.41, 5.74) is 6.20. The van der Waals surface area contributed by atoms with Gasteiger partial charge < -0.3 is 4.90 Å². The number of aryl methyl sites for hydroxylation is 2. The van der Waals surface area contributed by atoms with Gasteiger partial charge in [-0.15, -0.1) is 0 Å². The average Bonchev–Trinajstić information content (AvgIpc) is 3.12. The molecule has 0 N–H and O–H groups in total. The molecular weight excluding hydrogens is 314 g/mol. The van der Waals surface area contributed by atoms with E-state index >= 15 is 0 Å². The molecule has 0 bridgehead atoms. The van der Waals surface area contributed by atoms with E-state index in [9.17, 15) is 4.79 Å². The van der Waals surface area contributed by atoms with Crippen molar-refractivity contribution in [1.82, 2.24) is 4.90 Å². The Kier molecular flexibility index (Phi) is 5.62. The second kappa shape index (κ2) is 7.89. The van der Waals surface area contributed by atoms with Crippen LogP contribution in [0.15, 0.2) is 42.5 Å². The van der Waals surface area contributed by atoms with Gasteiger partial charge in [-0.25, -0.2) is 0 Å². The van der Waals surface area contributed by atoms with Crippen LogP contribution in [-0.4, -0.2) is 23.9 Å². The summed E-state index contributed by atoms with van der Waals surface area (Å²) in [7, 11) is 0. The number of nitrogens with zero attached hydrogens (tertiary/aromatic N) is 1. The SMILES string of the molecule is Cc1ccc(C)c(CSCc2ccc(C(=O)N3CCCC3)cc2)c1. The highest BCUT2D eigenvalue weighted by atomic mass is 32.2. The molecule has 0 radical (unpaired) electrons. The number of carbonyl (C=O) groups is 1. The van der Waals surface area contributed by atoms with Crippen LogP contribution in [-0.2, 0) is 11.5 Å². The summed E-state index contributed by atoms with van der Waals surface area (Å²) in [5.74, 6) is 2.19. The standard InChI is InChI=1S/C21H25NOS/c1-16-5-6-17(2)20(13-16)15-24-14-18-7-9-19(10-8-18)21(23)22-11-3-4-12-22/h5-10,13H,3-4,11-12,14-15H2,1-2H3. The number of rotatable bonds is 5. The molecule has 2 nitrogen and oxygen atoms in total. The predicted molar refractivity (Wildman–Crippen MR) is 102 cm³/mol. The van der Waals surface area contributed by atoms with Crippen molar-refractivity contribution in [2.75, 3.05) is 13.1 Å². The van der Waals surface area contributed by atoms with Crippen LogP contribution in [0.3, 0.4) is 0 Å². The minimum Gasteiger partial charge on any atom is -0.339 e. The number of thioether (sulfide) groups is 1. The molecule has 0 spiro atoms. The molecule has 0 aromatic heterocycles. The maximum absolute atomic E-state index is 12.3. The van der Waals surface area contributed by atoms with E-state index in [0.717, 1.165) is 43.0 Å². The fourth-order valence-electron chi connectivity index (χ4n) is 3.08. The molecule has 0 unspecified atom stereocenters. The summed E-state index contributed by atoms with van der Waals surface area (Å²) < 4.78 is 0. The van der Waals surface area contributed by atoms with E-state index in [1.54, 1.807) is 0 Å². The maximum atomic E-state index is 12.3. The Morgan fingerprint density at radius 2 is 1.71 bits per heavy atom. The number of carbonyl (C=O) groups excluding carboxylic acids is 1. The van der Waals surface area contributed by atoms with Gasteiger partial charge in [-0.3, -0.25) is 4.79 Å². The topological polar surface area (TPSA) is 20.3 Å². The average molecular weight is 340 g/mol. The van der Waals surface area contributed by atoms with Crippen molar-refractivity contribution < 1.29 is 4.79 Å². The van der Waals surface area contributed by atoms with Gasteiger partial charge in [-0.2, -0.15) is 11.8 Å². The van der Waals surface area contributed by atoms with Crippen molar-refractivity contribution in [3.05, 3.63) is 70.3 Å². The fraction of sp³-hybridized carbons (Fsp3) is 0.381. The molecule has 2 aromatic rings. The van der Waals surface area contributed by atoms with Crippen molar-refractivity contribution in [2.24, 2.45) is 0 Å². The highest BCUT2D eigenvalue weighted by Gasteiger charge is 2.19. The van der Waals surface area contributed by atoms with Gasteiger partial charge in [0.25, 0.3) is 5.91 Å². The van der Waals surface area contributed by atoms with Crippen LogP contribution < -0.4 is 0 Å². The third-order valence-corrected chi connectivity index (χ3v) is 5.68. The quantitative estimate of drug-likeness (QED) is 0.766. The molecule has 0 atom stereocenters. The number of benzene rings is 2. The first-order valence-corrected chi connectivity index (χ1v) is 9.81. The third kappa shape index (κ3) is 4.21. The number of hydrogen-bond acceptors (Lipinski definition) is 2. The van der Waals surface area contributed by atoms with E-state index in [-0.39, 0.29) is 5.91 Å². The van der Waals surface area contributed by atoms with Crippen molar-refractivity contribution >= 4 is 17.7 Å². The van der Waals surface area contributed by atoms with Crippen LogP contribution in [0.25, 0.3) is 0 Å². The summed E-state index contributed by atoms with van der Waals surface area (Å²) in [6, 6.07) is 14.8. The molecule has 1 amide bonds. The lowest BCUT2D eigenvalue weighted by Gasteiger charge is -2.15. The zero-order chi connectivity index (χ0) is 16.9. The summed E-state index contributed by atoms with van der Waals surface area (Å²) in [6.45, 7) is 6.14. The summed E-state index contributed by atoms with van der Waals surface area (Å²) in [5, 5.41) is 0. The molecule has 3 heteroatoms. The van der Waals surface area contributed by atoms with Gasteiger partial charge in [0.2, 0.25) is 0 Å². The summed E-state index contributed by atoms with van der Waals surface area (Å²) in [4.78, 5) is 14.3. The second-order valence-electron chi connectivity index (χ2n) is 6.62. The second-order valence-corrected chi connectivity index (χ2v) is 7.60. The van der Waals surface area contributed by atoms with E-state index in [1.807, 2.05) is 28.8 Å². The normalized spacial score (nSPS) is 14.2. The Labute approximate surface area is 149 Å². The van der Waals surface area contributed by atoms with Crippen LogP contribution >= 0.6 is 11.8 Å². The zero-order valence-electron chi connectivity index (χ0n) is 14.5. The molecule has 0 aliphatic carbocycles. The summed E-state index contributed by atoms with van der Waals surface area (Å²) >= 11 is 1.93. The van der Waals surface area contributed by atoms with Crippen molar-refractivity contribution in [3.63, 3.8) is 0 Å². The van der Waals surface area contributed by atoms with Gasteiger partial charge in [-0.05, 0) is 55.5 Å². The monoisotopic (exact) mass is 339 g/mol. The van der Waals surface area contributed by atoms with Gasteiger partial charge in [-0.1, -0.05) is 35.9 Å². The van der Waals surface area contributed by atoms with Crippen molar-refractivity contribution in [1.29, 1.82) is 0 Å². The Morgan fingerprint density at radius 1 is 1.00 bits per heavy atom. The molecule has 1 fully saturated rings. The molecular formula is C21H25NOS. The van der Waals surface area contributed by atoms with E-state index in [1.165, 1.54) is 22.3 Å². The van der Waals surface area contributed by atoms with Crippen LogP contribution in [0.2, 0.25) is 0 Å². The Morgan fingerprint density at radius 3 is 2.42 bits per heavy atom. The predicted octanol–water partition coefficient (Wildman–Crippen LogP) is 4.97. The Hall–Kier alpha value is -1.74.